The average molecular weight is 381 g/mol. The molecule has 0 aliphatic rings. The second-order valence-corrected chi connectivity index (χ2v) is 7.59. The highest BCUT2D eigenvalue weighted by Gasteiger charge is 2.17. The van der Waals surface area contributed by atoms with Crippen LogP contribution in [0.4, 0.5) is 11.5 Å². The third kappa shape index (κ3) is 4.50. The van der Waals surface area contributed by atoms with E-state index in [0.717, 1.165) is 55.0 Å². The topological polar surface area (TPSA) is 58.4 Å². The fourth-order valence-corrected chi connectivity index (χ4v) is 3.30. The fraction of sp³-hybridized carbons (Fsp3) is 0.500. The zero-order chi connectivity index (χ0) is 20.1. The zero-order valence-corrected chi connectivity index (χ0v) is 17.7. The average Bonchev–Trinajstić information content (AvgIpc) is 3.08. The van der Waals surface area contributed by atoms with E-state index in [2.05, 4.69) is 48.2 Å². The minimum Gasteiger partial charge on any atom is -0.325 e. The van der Waals surface area contributed by atoms with Gasteiger partial charge in [-0.15, -0.1) is 0 Å². The van der Waals surface area contributed by atoms with Gasteiger partial charge in [0.2, 0.25) is 0 Å². The quantitative estimate of drug-likeness (QED) is 0.602. The Labute approximate surface area is 168 Å². The van der Waals surface area contributed by atoms with Crippen LogP contribution in [0.1, 0.15) is 49.9 Å². The molecule has 0 amide bonds. The SMILES string of the molecule is CCCCN(c1ccn2ncc(C)c2n1)c1cc(C)cnc1CCC(C)NC. The molecule has 6 nitrogen and oxygen atoms in total. The summed E-state index contributed by atoms with van der Waals surface area (Å²) in [4.78, 5) is 12.1. The van der Waals surface area contributed by atoms with Crippen LogP contribution in [0.25, 0.3) is 5.65 Å². The first-order chi connectivity index (χ1) is 13.5. The zero-order valence-electron chi connectivity index (χ0n) is 17.7. The molecule has 1 unspecified atom stereocenters. The van der Waals surface area contributed by atoms with Crippen LogP contribution in [0.3, 0.4) is 0 Å². The Bertz CT molecular complexity index is 917. The van der Waals surface area contributed by atoms with E-state index in [1.165, 1.54) is 11.3 Å². The van der Waals surface area contributed by atoms with Gasteiger partial charge in [0.1, 0.15) is 5.82 Å². The second kappa shape index (κ2) is 9.15. The van der Waals surface area contributed by atoms with Crippen molar-refractivity contribution in [1.29, 1.82) is 0 Å². The van der Waals surface area contributed by atoms with E-state index in [1.54, 1.807) is 0 Å². The van der Waals surface area contributed by atoms with Crippen LogP contribution in [0.15, 0.2) is 30.7 Å². The highest BCUT2D eigenvalue weighted by molar-refractivity contribution is 5.65. The Morgan fingerprint density at radius 1 is 1.25 bits per heavy atom. The molecular formula is C22H32N6. The highest BCUT2D eigenvalue weighted by Crippen LogP contribution is 2.29. The van der Waals surface area contributed by atoms with Crippen molar-refractivity contribution in [1.82, 2.24) is 24.9 Å². The summed E-state index contributed by atoms with van der Waals surface area (Å²) in [5.74, 6) is 0.958. The van der Waals surface area contributed by atoms with Gasteiger partial charge in [0.05, 0.1) is 17.6 Å². The maximum atomic E-state index is 4.93. The number of aromatic nitrogens is 4. The number of pyridine rings is 1. The first kappa shape index (κ1) is 20.3. The summed E-state index contributed by atoms with van der Waals surface area (Å²) >= 11 is 0. The van der Waals surface area contributed by atoms with Crippen LogP contribution in [0, 0.1) is 13.8 Å². The largest absolute Gasteiger partial charge is 0.325 e. The van der Waals surface area contributed by atoms with E-state index >= 15 is 0 Å². The number of hydrogen-bond acceptors (Lipinski definition) is 5. The van der Waals surface area contributed by atoms with Crippen LogP contribution in [-0.4, -0.2) is 39.2 Å². The molecule has 3 aromatic heterocycles. The smallest absolute Gasteiger partial charge is 0.160 e. The van der Waals surface area contributed by atoms with Gasteiger partial charge in [-0.25, -0.2) is 9.50 Å². The van der Waals surface area contributed by atoms with E-state index in [4.69, 9.17) is 9.97 Å². The van der Waals surface area contributed by atoms with Crippen LogP contribution in [0.5, 0.6) is 0 Å². The molecule has 6 heteroatoms. The standard InChI is InChI=1S/C22H32N6/c1-6-7-11-27(21-10-12-28-22(26-21)17(3)15-25-28)20-13-16(2)14-24-19(20)9-8-18(4)23-5/h10,12-15,18,23H,6-9,11H2,1-5H3. The second-order valence-electron chi connectivity index (χ2n) is 7.59. The van der Waals surface area contributed by atoms with Crippen LogP contribution in [-0.2, 0) is 6.42 Å². The summed E-state index contributed by atoms with van der Waals surface area (Å²) in [5.41, 5.74) is 5.47. The maximum absolute atomic E-state index is 4.93. The van der Waals surface area contributed by atoms with Gasteiger partial charge in [0, 0.05) is 30.5 Å². The molecule has 0 saturated carbocycles. The monoisotopic (exact) mass is 380 g/mol. The van der Waals surface area contributed by atoms with Crippen molar-refractivity contribution in [3.8, 4) is 0 Å². The summed E-state index contributed by atoms with van der Waals surface area (Å²) < 4.78 is 1.83. The lowest BCUT2D eigenvalue weighted by molar-refractivity contribution is 0.561. The highest BCUT2D eigenvalue weighted by atomic mass is 15.3. The molecule has 0 saturated heterocycles. The molecule has 3 heterocycles. The first-order valence-electron chi connectivity index (χ1n) is 10.2. The Kier molecular flexibility index (Phi) is 6.62. The number of anilines is 2. The minimum absolute atomic E-state index is 0.462. The molecule has 0 radical (unpaired) electrons. The maximum Gasteiger partial charge on any atom is 0.160 e. The Balaban J connectivity index is 2.02. The molecule has 3 rings (SSSR count). The first-order valence-corrected chi connectivity index (χ1v) is 10.2. The number of rotatable bonds is 9. The lowest BCUT2D eigenvalue weighted by Gasteiger charge is -2.26. The van der Waals surface area contributed by atoms with Gasteiger partial charge in [-0.3, -0.25) is 4.98 Å². The van der Waals surface area contributed by atoms with Crippen molar-refractivity contribution in [3.05, 3.63) is 47.5 Å². The fourth-order valence-electron chi connectivity index (χ4n) is 3.30. The van der Waals surface area contributed by atoms with E-state index in [9.17, 15) is 0 Å². The van der Waals surface area contributed by atoms with Gasteiger partial charge in [0.15, 0.2) is 5.65 Å². The molecule has 0 fully saturated rings. The van der Waals surface area contributed by atoms with Gasteiger partial charge in [-0.2, -0.15) is 5.10 Å². The normalized spacial score (nSPS) is 12.5. The molecular weight excluding hydrogens is 348 g/mol. The van der Waals surface area contributed by atoms with Crippen molar-refractivity contribution in [2.75, 3.05) is 18.5 Å². The summed E-state index contributed by atoms with van der Waals surface area (Å²) in [6.45, 7) is 9.51. The van der Waals surface area contributed by atoms with Crippen molar-refractivity contribution in [2.24, 2.45) is 0 Å². The summed E-state index contributed by atoms with van der Waals surface area (Å²) in [5, 5.41) is 7.68. The van der Waals surface area contributed by atoms with Gasteiger partial charge < -0.3 is 10.2 Å². The van der Waals surface area contributed by atoms with Crippen molar-refractivity contribution < 1.29 is 0 Å². The Morgan fingerprint density at radius 3 is 2.82 bits per heavy atom. The molecule has 0 aliphatic carbocycles. The van der Waals surface area contributed by atoms with Gasteiger partial charge >= 0.3 is 0 Å². The molecule has 0 spiro atoms. The Morgan fingerprint density at radius 2 is 2.07 bits per heavy atom. The number of nitrogens with zero attached hydrogens (tertiary/aromatic N) is 5. The molecule has 0 aromatic carbocycles. The summed E-state index contributed by atoms with van der Waals surface area (Å²) in [7, 11) is 2.01. The predicted octanol–water partition coefficient (Wildman–Crippen LogP) is 4.22. The Hall–Kier alpha value is -2.47. The lowest BCUT2D eigenvalue weighted by Crippen LogP contribution is -2.24. The van der Waals surface area contributed by atoms with E-state index in [1.807, 2.05) is 37.1 Å². The van der Waals surface area contributed by atoms with Crippen LogP contribution in [0.2, 0.25) is 0 Å². The van der Waals surface area contributed by atoms with Crippen molar-refractivity contribution in [2.45, 2.75) is 59.4 Å². The van der Waals surface area contributed by atoms with E-state index in [-0.39, 0.29) is 0 Å². The minimum atomic E-state index is 0.462. The van der Waals surface area contributed by atoms with Crippen LogP contribution >= 0.6 is 0 Å². The number of aryl methyl sites for hydroxylation is 3. The molecule has 1 atom stereocenters. The number of hydrogen-bond donors (Lipinski definition) is 1. The third-order valence-corrected chi connectivity index (χ3v) is 5.22. The molecule has 28 heavy (non-hydrogen) atoms. The van der Waals surface area contributed by atoms with E-state index in [0.29, 0.717) is 6.04 Å². The lowest BCUT2D eigenvalue weighted by atomic mass is 10.1. The van der Waals surface area contributed by atoms with Crippen molar-refractivity contribution >= 4 is 17.2 Å². The molecule has 150 valence electrons. The molecule has 0 bridgehead atoms. The van der Waals surface area contributed by atoms with Crippen LogP contribution < -0.4 is 10.2 Å². The third-order valence-electron chi connectivity index (χ3n) is 5.22. The molecule has 3 aromatic rings. The summed E-state index contributed by atoms with van der Waals surface area (Å²) in [6.07, 6.45) is 10.1. The molecule has 0 aliphatic heterocycles. The van der Waals surface area contributed by atoms with E-state index < -0.39 is 0 Å². The number of nitrogens with one attached hydrogen (secondary N) is 1. The van der Waals surface area contributed by atoms with Gasteiger partial charge in [0.25, 0.3) is 0 Å². The molecule has 1 N–H and O–H groups in total. The summed E-state index contributed by atoms with van der Waals surface area (Å²) in [6, 6.07) is 4.76. The van der Waals surface area contributed by atoms with Crippen molar-refractivity contribution in [3.63, 3.8) is 0 Å². The number of fused-ring (bicyclic) bond motifs is 1. The number of unbranched alkanes of at least 4 members (excludes halogenated alkanes) is 1. The predicted molar refractivity (Wildman–Crippen MR) is 115 cm³/mol. The van der Waals surface area contributed by atoms with Gasteiger partial charge in [-0.1, -0.05) is 13.3 Å². The van der Waals surface area contributed by atoms with Gasteiger partial charge in [-0.05, 0) is 64.8 Å².